The highest BCUT2D eigenvalue weighted by atomic mass is 16.5. The molecule has 1 saturated heterocycles. The molecule has 1 aromatic heterocycles. The molecule has 0 aliphatic carbocycles. The van der Waals surface area contributed by atoms with Gasteiger partial charge in [-0.1, -0.05) is 16.8 Å². The van der Waals surface area contributed by atoms with Gasteiger partial charge in [-0.3, -0.25) is 9.59 Å². The van der Waals surface area contributed by atoms with E-state index < -0.39 is 5.60 Å². The normalized spacial score (nSPS) is 17.5. The first-order valence-electron chi connectivity index (χ1n) is 10.5. The maximum Gasteiger partial charge on any atom is 0.228 e. The van der Waals surface area contributed by atoms with E-state index in [-0.39, 0.29) is 18.1 Å². The number of rotatable bonds is 3. The topological polar surface area (TPSA) is 81.9 Å². The van der Waals surface area contributed by atoms with E-state index in [9.17, 15) is 9.59 Å². The highest BCUT2D eigenvalue weighted by Crippen LogP contribution is 2.40. The highest BCUT2D eigenvalue weighted by molar-refractivity contribution is 6.00. The van der Waals surface area contributed by atoms with Crippen LogP contribution in [0.25, 0.3) is 11.0 Å². The van der Waals surface area contributed by atoms with E-state index in [1.54, 1.807) is 25.3 Å². The summed E-state index contributed by atoms with van der Waals surface area (Å²) in [6.07, 6.45) is 1.76. The third-order valence-corrected chi connectivity index (χ3v) is 6.34. The monoisotopic (exact) mass is 420 g/mol. The Balaban J connectivity index is 1.27. The lowest BCUT2D eigenvalue weighted by atomic mass is 9.82. The van der Waals surface area contributed by atoms with Crippen molar-refractivity contribution in [3.63, 3.8) is 0 Å². The number of aryl methyl sites for hydroxylation is 1. The molecule has 31 heavy (non-hydrogen) atoms. The number of likely N-dealkylation sites (tertiary alicyclic amines) is 1. The number of piperidine rings is 1. The summed E-state index contributed by atoms with van der Waals surface area (Å²) < 4.78 is 16.9. The lowest BCUT2D eigenvalue weighted by molar-refractivity contribution is -0.134. The summed E-state index contributed by atoms with van der Waals surface area (Å²) in [6.45, 7) is 3.10. The summed E-state index contributed by atoms with van der Waals surface area (Å²) in [5, 5.41) is 4.99. The number of Topliss-reactive ketones (excluding diaryl/α,β-unsaturated/α-hetero) is 1. The molecule has 0 saturated carbocycles. The Kier molecular flexibility index (Phi) is 4.68. The summed E-state index contributed by atoms with van der Waals surface area (Å²) in [6, 6.07) is 11.2. The van der Waals surface area contributed by atoms with Crippen LogP contribution in [0.4, 0.5) is 0 Å². The molecule has 0 N–H and O–H groups in total. The van der Waals surface area contributed by atoms with E-state index in [0.29, 0.717) is 60.7 Å². The number of hydrogen-bond donors (Lipinski definition) is 0. The van der Waals surface area contributed by atoms with E-state index >= 15 is 0 Å². The SMILES string of the molecule is COc1ccc2c(c1)C(=O)CC1(CCN(C(=O)Cc3noc4ccc(C)cc34)CC1)O2. The van der Waals surface area contributed by atoms with E-state index in [1.807, 2.05) is 30.0 Å². The second-order valence-corrected chi connectivity index (χ2v) is 8.43. The van der Waals surface area contributed by atoms with Gasteiger partial charge in [-0.05, 0) is 37.3 Å². The number of methoxy groups -OCH3 is 1. The number of ketones is 1. The molecule has 0 bridgehead atoms. The van der Waals surface area contributed by atoms with Crippen molar-refractivity contribution in [2.45, 2.75) is 38.2 Å². The van der Waals surface area contributed by atoms with Crippen molar-refractivity contribution in [3.8, 4) is 11.5 Å². The molecular formula is C24H24N2O5. The number of amides is 1. The third kappa shape index (κ3) is 3.54. The van der Waals surface area contributed by atoms with Crippen LogP contribution < -0.4 is 9.47 Å². The molecule has 3 heterocycles. The zero-order valence-electron chi connectivity index (χ0n) is 17.6. The number of nitrogens with zero attached hydrogens (tertiary/aromatic N) is 2. The van der Waals surface area contributed by atoms with E-state index in [4.69, 9.17) is 14.0 Å². The second kappa shape index (κ2) is 7.41. The molecule has 3 aromatic rings. The van der Waals surface area contributed by atoms with Gasteiger partial charge in [-0.15, -0.1) is 0 Å². The number of ether oxygens (including phenoxy) is 2. The van der Waals surface area contributed by atoms with Crippen molar-refractivity contribution in [2.75, 3.05) is 20.2 Å². The molecule has 1 spiro atoms. The van der Waals surface area contributed by atoms with Gasteiger partial charge >= 0.3 is 0 Å². The Morgan fingerprint density at radius 3 is 2.77 bits per heavy atom. The molecule has 7 nitrogen and oxygen atoms in total. The maximum absolute atomic E-state index is 12.9. The van der Waals surface area contributed by atoms with Crippen LogP contribution in [0, 0.1) is 6.92 Å². The minimum Gasteiger partial charge on any atom is -0.497 e. The molecule has 160 valence electrons. The summed E-state index contributed by atoms with van der Waals surface area (Å²) in [7, 11) is 1.58. The van der Waals surface area contributed by atoms with E-state index in [1.165, 1.54) is 0 Å². The Morgan fingerprint density at radius 2 is 2.00 bits per heavy atom. The van der Waals surface area contributed by atoms with Crippen molar-refractivity contribution in [3.05, 3.63) is 53.2 Å². The van der Waals surface area contributed by atoms with Gasteiger partial charge in [0.1, 0.15) is 22.8 Å². The molecule has 7 heteroatoms. The first-order valence-corrected chi connectivity index (χ1v) is 10.5. The minimum absolute atomic E-state index is 0.0128. The predicted octanol–water partition coefficient (Wildman–Crippen LogP) is 3.71. The average Bonchev–Trinajstić information content (AvgIpc) is 3.15. The molecule has 5 rings (SSSR count). The van der Waals surface area contributed by atoms with Gasteiger partial charge in [0.2, 0.25) is 5.91 Å². The molecule has 2 aliphatic rings. The van der Waals surface area contributed by atoms with Crippen LogP contribution in [0.15, 0.2) is 40.9 Å². The fourth-order valence-electron chi connectivity index (χ4n) is 4.53. The summed E-state index contributed by atoms with van der Waals surface area (Å²) >= 11 is 0. The van der Waals surface area contributed by atoms with Gasteiger partial charge in [0.25, 0.3) is 0 Å². The van der Waals surface area contributed by atoms with Crippen molar-refractivity contribution in [2.24, 2.45) is 0 Å². The maximum atomic E-state index is 12.9. The molecular weight excluding hydrogens is 396 g/mol. The summed E-state index contributed by atoms with van der Waals surface area (Å²) in [5.74, 6) is 1.31. The van der Waals surface area contributed by atoms with Crippen molar-refractivity contribution in [1.82, 2.24) is 10.1 Å². The van der Waals surface area contributed by atoms with E-state index in [2.05, 4.69) is 5.16 Å². The number of benzene rings is 2. The lowest BCUT2D eigenvalue weighted by Crippen LogP contribution is -2.52. The minimum atomic E-state index is -0.548. The first kappa shape index (κ1) is 19.6. The number of carbonyl (C=O) groups is 2. The number of hydrogen-bond acceptors (Lipinski definition) is 6. The Morgan fingerprint density at radius 1 is 1.19 bits per heavy atom. The van der Waals surface area contributed by atoms with Crippen LogP contribution in [-0.4, -0.2) is 47.5 Å². The molecule has 2 aliphatic heterocycles. The smallest absolute Gasteiger partial charge is 0.228 e. The number of carbonyl (C=O) groups excluding carboxylic acids is 2. The number of fused-ring (bicyclic) bond motifs is 2. The van der Waals surface area contributed by atoms with E-state index in [0.717, 1.165) is 10.9 Å². The van der Waals surface area contributed by atoms with Crippen LogP contribution in [-0.2, 0) is 11.2 Å². The van der Waals surface area contributed by atoms with Crippen LogP contribution in [0.5, 0.6) is 11.5 Å². The molecule has 1 fully saturated rings. The standard InChI is InChI=1S/C24H24N2O5/c1-15-3-5-22-17(11-15)19(25-31-22)13-23(28)26-9-7-24(8-10-26)14-20(27)18-12-16(29-2)4-6-21(18)30-24/h3-6,11-12H,7-10,13-14H2,1-2H3. The highest BCUT2D eigenvalue weighted by Gasteiger charge is 2.43. The average molecular weight is 420 g/mol. The quantitative estimate of drug-likeness (QED) is 0.642. The fraction of sp³-hybridized carbons (Fsp3) is 0.375. The molecule has 2 aromatic carbocycles. The summed E-state index contributed by atoms with van der Waals surface area (Å²) in [5.41, 5.74) is 2.47. The van der Waals surface area contributed by atoms with Crippen molar-refractivity contribution in [1.29, 1.82) is 0 Å². The van der Waals surface area contributed by atoms with Gasteiger partial charge in [0.05, 0.1) is 25.5 Å². The van der Waals surface area contributed by atoms with Crippen molar-refractivity contribution >= 4 is 22.7 Å². The van der Waals surface area contributed by atoms with Gasteiger partial charge in [0, 0.05) is 31.3 Å². The predicted molar refractivity (Wildman–Crippen MR) is 114 cm³/mol. The zero-order chi connectivity index (χ0) is 21.6. The van der Waals surface area contributed by atoms with Gasteiger partial charge in [-0.25, -0.2) is 0 Å². The molecule has 1 amide bonds. The van der Waals surface area contributed by atoms with Crippen molar-refractivity contribution < 1.29 is 23.6 Å². The van der Waals surface area contributed by atoms with Gasteiger partial charge in [-0.2, -0.15) is 0 Å². The molecule has 0 atom stereocenters. The van der Waals surface area contributed by atoms with Crippen LogP contribution in [0.3, 0.4) is 0 Å². The Bertz CT molecular complexity index is 1170. The Labute approximate surface area is 179 Å². The Hall–Kier alpha value is -3.35. The fourth-order valence-corrected chi connectivity index (χ4v) is 4.53. The third-order valence-electron chi connectivity index (χ3n) is 6.34. The van der Waals surface area contributed by atoms with Crippen LogP contribution >= 0.6 is 0 Å². The number of aromatic nitrogens is 1. The summed E-state index contributed by atoms with van der Waals surface area (Å²) in [4.78, 5) is 27.5. The largest absolute Gasteiger partial charge is 0.497 e. The molecule has 0 unspecified atom stereocenters. The first-order chi connectivity index (χ1) is 15.0. The van der Waals surface area contributed by atoms with Gasteiger partial charge in [0.15, 0.2) is 11.4 Å². The lowest BCUT2D eigenvalue weighted by Gasteiger charge is -2.44. The van der Waals surface area contributed by atoms with Gasteiger partial charge < -0.3 is 18.9 Å². The van der Waals surface area contributed by atoms with Crippen LogP contribution in [0.2, 0.25) is 0 Å². The zero-order valence-corrected chi connectivity index (χ0v) is 17.6. The molecule has 0 radical (unpaired) electrons. The second-order valence-electron chi connectivity index (χ2n) is 8.43. The van der Waals surface area contributed by atoms with Crippen LogP contribution in [0.1, 0.15) is 40.9 Å².